The summed E-state index contributed by atoms with van der Waals surface area (Å²) in [7, 11) is -3.92. The fourth-order valence-electron chi connectivity index (χ4n) is 2.44. The molecule has 0 fully saturated rings. The van der Waals surface area contributed by atoms with Gasteiger partial charge in [0.25, 0.3) is 0 Å². The van der Waals surface area contributed by atoms with E-state index in [1.807, 2.05) is 13.0 Å². The van der Waals surface area contributed by atoms with Crippen LogP contribution in [0.2, 0.25) is 0 Å². The smallest absolute Gasteiger partial charge is 0.339 e. The third-order valence-corrected chi connectivity index (χ3v) is 5.02. The number of fused-ring (bicyclic) bond motifs is 1. The SMILES string of the molecule is Cc1ccc(S(=O)(=O)Oc2ccc3nc(-c4ccccn4)oc3c2)cc1. The lowest BCUT2D eigenvalue weighted by Gasteiger charge is -2.06. The van der Waals surface area contributed by atoms with E-state index in [1.54, 1.807) is 42.6 Å². The lowest BCUT2D eigenvalue weighted by molar-refractivity contribution is 0.486. The van der Waals surface area contributed by atoms with Gasteiger partial charge < -0.3 is 8.60 Å². The number of benzene rings is 2. The molecule has 0 saturated carbocycles. The minimum atomic E-state index is -3.92. The average Bonchev–Trinajstić information content (AvgIpc) is 3.06. The lowest BCUT2D eigenvalue weighted by atomic mass is 10.2. The molecule has 26 heavy (non-hydrogen) atoms. The molecule has 0 atom stereocenters. The Hall–Kier alpha value is -3.19. The van der Waals surface area contributed by atoms with Gasteiger partial charge in [0.2, 0.25) is 5.89 Å². The van der Waals surface area contributed by atoms with E-state index in [4.69, 9.17) is 8.60 Å². The van der Waals surface area contributed by atoms with Gasteiger partial charge in [0.1, 0.15) is 21.9 Å². The molecular weight excluding hydrogens is 352 g/mol. The van der Waals surface area contributed by atoms with Crippen molar-refractivity contribution in [3.8, 4) is 17.3 Å². The Morgan fingerprint density at radius 3 is 2.54 bits per heavy atom. The summed E-state index contributed by atoms with van der Waals surface area (Å²) in [5, 5.41) is 0. The van der Waals surface area contributed by atoms with E-state index in [0.717, 1.165) is 5.56 Å². The summed E-state index contributed by atoms with van der Waals surface area (Å²) in [6, 6.07) is 16.6. The molecule has 0 aliphatic heterocycles. The fourth-order valence-corrected chi connectivity index (χ4v) is 3.36. The summed E-state index contributed by atoms with van der Waals surface area (Å²) >= 11 is 0. The van der Waals surface area contributed by atoms with E-state index in [-0.39, 0.29) is 10.6 Å². The predicted molar refractivity (Wildman–Crippen MR) is 96.2 cm³/mol. The van der Waals surface area contributed by atoms with Gasteiger partial charge in [-0.15, -0.1) is 0 Å². The van der Waals surface area contributed by atoms with Crippen LogP contribution in [0.3, 0.4) is 0 Å². The monoisotopic (exact) mass is 366 g/mol. The molecule has 2 aromatic heterocycles. The van der Waals surface area contributed by atoms with Crippen molar-refractivity contribution in [2.24, 2.45) is 0 Å². The number of aryl methyl sites for hydroxylation is 1. The number of nitrogens with zero attached hydrogens (tertiary/aromatic N) is 2. The van der Waals surface area contributed by atoms with Crippen molar-refractivity contribution in [3.63, 3.8) is 0 Å². The Morgan fingerprint density at radius 2 is 1.81 bits per heavy atom. The first-order valence-corrected chi connectivity index (χ1v) is 9.25. The molecule has 0 spiro atoms. The van der Waals surface area contributed by atoms with E-state index in [0.29, 0.717) is 22.7 Å². The van der Waals surface area contributed by atoms with Crippen molar-refractivity contribution in [1.29, 1.82) is 0 Å². The van der Waals surface area contributed by atoms with E-state index in [9.17, 15) is 8.42 Å². The Morgan fingerprint density at radius 1 is 1.00 bits per heavy atom. The molecular formula is C19H14N2O4S. The summed E-state index contributed by atoms with van der Waals surface area (Å²) in [6.45, 7) is 1.88. The van der Waals surface area contributed by atoms with Crippen LogP contribution in [-0.4, -0.2) is 18.4 Å². The second-order valence-corrected chi connectivity index (χ2v) is 7.26. The molecule has 0 saturated heterocycles. The van der Waals surface area contributed by atoms with E-state index in [1.165, 1.54) is 18.2 Å². The van der Waals surface area contributed by atoms with Gasteiger partial charge in [-0.05, 0) is 43.3 Å². The van der Waals surface area contributed by atoms with Crippen LogP contribution in [0.25, 0.3) is 22.7 Å². The molecule has 130 valence electrons. The first kappa shape index (κ1) is 16.3. The number of aromatic nitrogens is 2. The van der Waals surface area contributed by atoms with Crippen molar-refractivity contribution < 1.29 is 17.0 Å². The lowest BCUT2D eigenvalue weighted by Crippen LogP contribution is -2.09. The fraction of sp³-hybridized carbons (Fsp3) is 0.0526. The largest absolute Gasteiger partial charge is 0.435 e. The highest BCUT2D eigenvalue weighted by Gasteiger charge is 2.17. The van der Waals surface area contributed by atoms with Crippen molar-refractivity contribution in [3.05, 3.63) is 72.4 Å². The molecule has 0 radical (unpaired) electrons. The van der Waals surface area contributed by atoms with Crippen molar-refractivity contribution >= 4 is 21.2 Å². The van der Waals surface area contributed by atoms with Gasteiger partial charge in [0, 0.05) is 12.3 Å². The van der Waals surface area contributed by atoms with Crippen LogP contribution in [0, 0.1) is 6.92 Å². The summed E-state index contributed by atoms with van der Waals surface area (Å²) < 4.78 is 35.7. The van der Waals surface area contributed by atoms with Gasteiger partial charge in [-0.2, -0.15) is 8.42 Å². The predicted octanol–water partition coefficient (Wildman–Crippen LogP) is 3.97. The molecule has 0 aliphatic rings. The highest BCUT2D eigenvalue weighted by Crippen LogP contribution is 2.27. The van der Waals surface area contributed by atoms with Gasteiger partial charge in [0.15, 0.2) is 5.58 Å². The molecule has 0 N–H and O–H groups in total. The van der Waals surface area contributed by atoms with Gasteiger partial charge in [-0.25, -0.2) is 4.98 Å². The summed E-state index contributed by atoms with van der Waals surface area (Å²) in [6.07, 6.45) is 1.65. The van der Waals surface area contributed by atoms with Crippen LogP contribution in [0.5, 0.6) is 5.75 Å². The Bertz CT molecular complexity index is 1170. The highest BCUT2D eigenvalue weighted by molar-refractivity contribution is 7.87. The highest BCUT2D eigenvalue weighted by atomic mass is 32.2. The molecule has 0 unspecified atom stereocenters. The summed E-state index contributed by atoms with van der Waals surface area (Å²) in [5.41, 5.74) is 2.57. The topological polar surface area (TPSA) is 82.3 Å². The van der Waals surface area contributed by atoms with Crippen LogP contribution in [-0.2, 0) is 10.1 Å². The van der Waals surface area contributed by atoms with Gasteiger partial charge >= 0.3 is 10.1 Å². The van der Waals surface area contributed by atoms with Gasteiger partial charge in [-0.1, -0.05) is 23.8 Å². The first-order valence-electron chi connectivity index (χ1n) is 7.84. The number of oxazole rings is 1. The quantitative estimate of drug-likeness (QED) is 0.508. The second-order valence-electron chi connectivity index (χ2n) is 5.71. The summed E-state index contributed by atoms with van der Waals surface area (Å²) in [5.74, 6) is 0.515. The van der Waals surface area contributed by atoms with Gasteiger partial charge in [-0.3, -0.25) is 4.98 Å². The van der Waals surface area contributed by atoms with Crippen LogP contribution in [0.1, 0.15) is 5.56 Å². The molecule has 0 amide bonds. The third-order valence-electron chi connectivity index (χ3n) is 3.76. The Kier molecular flexibility index (Phi) is 3.93. The third kappa shape index (κ3) is 3.16. The number of hydrogen-bond donors (Lipinski definition) is 0. The van der Waals surface area contributed by atoms with E-state index in [2.05, 4.69) is 9.97 Å². The maximum Gasteiger partial charge on any atom is 0.339 e. The van der Waals surface area contributed by atoms with E-state index < -0.39 is 10.1 Å². The van der Waals surface area contributed by atoms with Crippen LogP contribution in [0.15, 0.2) is 76.2 Å². The number of pyridine rings is 1. The standard InChI is InChI=1S/C19H14N2O4S/c1-13-5-8-15(9-6-13)26(22,23)25-14-7-10-16-18(12-14)24-19(21-16)17-4-2-3-11-20-17/h2-12H,1H3. The molecule has 0 aliphatic carbocycles. The van der Waals surface area contributed by atoms with Crippen molar-refractivity contribution in [1.82, 2.24) is 9.97 Å². The summed E-state index contributed by atoms with van der Waals surface area (Å²) in [4.78, 5) is 8.64. The molecule has 0 bridgehead atoms. The molecule has 4 rings (SSSR count). The van der Waals surface area contributed by atoms with Crippen LogP contribution in [0.4, 0.5) is 0 Å². The number of rotatable bonds is 4. The Labute approximate surface area is 150 Å². The average molecular weight is 366 g/mol. The molecule has 6 nitrogen and oxygen atoms in total. The molecule has 2 aromatic carbocycles. The zero-order valence-electron chi connectivity index (χ0n) is 13.8. The van der Waals surface area contributed by atoms with E-state index >= 15 is 0 Å². The normalized spacial score (nSPS) is 11.6. The van der Waals surface area contributed by atoms with Crippen LogP contribution >= 0.6 is 0 Å². The molecule has 2 heterocycles. The molecule has 4 aromatic rings. The van der Waals surface area contributed by atoms with Crippen molar-refractivity contribution in [2.45, 2.75) is 11.8 Å². The van der Waals surface area contributed by atoms with Crippen molar-refractivity contribution in [2.75, 3.05) is 0 Å². The molecule has 7 heteroatoms. The maximum atomic E-state index is 12.4. The Balaban J connectivity index is 1.66. The van der Waals surface area contributed by atoms with Crippen LogP contribution < -0.4 is 4.18 Å². The minimum Gasteiger partial charge on any atom is -0.435 e. The first-order chi connectivity index (χ1) is 12.5. The zero-order chi connectivity index (χ0) is 18.1. The maximum absolute atomic E-state index is 12.4. The zero-order valence-corrected chi connectivity index (χ0v) is 14.6. The second kappa shape index (κ2) is 6.27. The number of hydrogen-bond acceptors (Lipinski definition) is 6. The van der Waals surface area contributed by atoms with Gasteiger partial charge in [0.05, 0.1) is 0 Å². The minimum absolute atomic E-state index is 0.0925.